The van der Waals surface area contributed by atoms with Gasteiger partial charge in [-0.05, 0) is 43.0 Å². The Labute approximate surface area is 115 Å². The van der Waals surface area contributed by atoms with Crippen LogP contribution in [0.3, 0.4) is 0 Å². The van der Waals surface area contributed by atoms with Crippen LogP contribution in [0.2, 0.25) is 0 Å². The van der Waals surface area contributed by atoms with E-state index in [9.17, 15) is 14.3 Å². The summed E-state index contributed by atoms with van der Waals surface area (Å²) in [5, 5.41) is 12.8. The Morgan fingerprint density at radius 1 is 1.47 bits per heavy atom. The summed E-state index contributed by atoms with van der Waals surface area (Å²) in [6.07, 6.45) is 0.634. The van der Waals surface area contributed by atoms with Crippen molar-refractivity contribution in [2.75, 3.05) is 6.61 Å². The van der Waals surface area contributed by atoms with Crippen LogP contribution < -0.4 is 5.32 Å². The number of fused-ring (bicyclic) bond motifs is 1. The zero-order valence-corrected chi connectivity index (χ0v) is 11.7. The minimum Gasteiger partial charge on any atom is -0.394 e. The van der Waals surface area contributed by atoms with Crippen LogP contribution in [-0.4, -0.2) is 23.2 Å². The predicted octanol–water partition coefficient (Wildman–Crippen LogP) is 2.93. The van der Waals surface area contributed by atoms with E-state index in [-0.39, 0.29) is 18.3 Å². The van der Waals surface area contributed by atoms with Crippen LogP contribution in [0, 0.1) is 5.82 Å². The third kappa shape index (κ3) is 2.93. The summed E-state index contributed by atoms with van der Waals surface area (Å²) in [6, 6.07) is 6.13. The second-order valence-corrected chi connectivity index (χ2v) is 5.90. The molecule has 0 bridgehead atoms. The van der Waals surface area contributed by atoms with Crippen molar-refractivity contribution >= 4 is 27.3 Å². The summed E-state index contributed by atoms with van der Waals surface area (Å²) in [7, 11) is 0. The first-order valence-corrected chi connectivity index (χ1v) is 6.91. The fourth-order valence-electron chi connectivity index (χ4n) is 1.70. The molecule has 5 heteroatoms. The van der Waals surface area contributed by atoms with Crippen molar-refractivity contribution in [2.45, 2.75) is 25.8 Å². The first kappa shape index (κ1) is 14.0. The SMILES string of the molecule is CCC(C)(CO)NC(=O)c1cc2cc(F)ccc2s1. The van der Waals surface area contributed by atoms with Gasteiger partial charge in [-0.3, -0.25) is 4.79 Å². The van der Waals surface area contributed by atoms with Crippen molar-refractivity contribution in [2.24, 2.45) is 0 Å². The largest absolute Gasteiger partial charge is 0.394 e. The van der Waals surface area contributed by atoms with Gasteiger partial charge < -0.3 is 10.4 Å². The molecule has 2 N–H and O–H groups in total. The molecule has 19 heavy (non-hydrogen) atoms. The maximum Gasteiger partial charge on any atom is 0.261 e. The lowest BCUT2D eigenvalue weighted by Gasteiger charge is -2.26. The number of rotatable bonds is 4. The number of thiophene rings is 1. The molecule has 0 saturated carbocycles. The number of aliphatic hydroxyl groups is 1. The van der Waals surface area contributed by atoms with Crippen LogP contribution >= 0.6 is 11.3 Å². The van der Waals surface area contributed by atoms with Gasteiger partial charge >= 0.3 is 0 Å². The van der Waals surface area contributed by atoms with Crippen molar-refractivity contribution < 1.29 is 14.3 Å². The highest BCUT2D eigenvalue weighted by Crippen LogP contribution is 2.26. The Morgan fingerprint density at radius 2 is 2.21 bits per heavy atom. The van der Waals surface area contributed by atoms with Crippen molar-refractivity contribution in [1.29, 1.82) is 0 Å². The molecule has 1 amide bonds. The number of aliphatic hydroxyl groups excluding tert-OH is 1. The number of hydrogen-bond acceptors (Lipinski definition) is 3. The van der Waals surface area contributed by atoms with Crippen molar-refractivity contribution in [3.8, 4) is 0 Å². The van der Waals surface area contributed by atoms with E-state index < -0.39 is 5.54 Å². The monoisotopic (exact) mass is 281 g/mol. The summed E-state index contributed by atoms with van der Waals surface area (Å²) in [4.78, 5) is 12.6. The van der Waals surface area contributed by atoms with E-state index in [1.807, 2.05) is 6.92 Å². The van der Waals surface area contributed by atoms with E-state index in [2.05, 4.69) is 5.32 Å². The highest BCUT2D eigenvalue weighted by Gasteiger charge is 2.24. The first-order valence-electron chi connectivity index (χ1n) is 6.10. The van der Waals surface area contributed by atoms with Crippen LogP contribution in [0.4, 0.5) is 4.39 Å². The normalized spacial score (nSPS) is 14.3. The molecule has 1 heterocycles. The maximum absolute atomic E-state index is 13.1. The number of amides is 1. The summed E-state index contributed by atoms with van der Waals surface area (Å²) in [6.45, 7) is 3.57. The summed E-state index contributed by atoms with van der Waals surface area (Å²) < 4.78 is 14.0. The average Bonchev–Trinajstić information content (AvgIpc) is 2.81. The number of carbonyl (C=O) groups excluding carboxylic acids is 1. The quantitative estimate of drug-likeness (QED) is 0.905. The number of carbonyl (C=O) groups is 1. The van der Waals surface area contributed by atoms with Gasteiger partial charge in [0.2, 0.25) is 0 Å². The molecule has 0 aliphatic rings. The molecule has 2 rings (SSSR count). The van der Waals surface area contributed by atoms with Crippen molar-refractivity contribution in [1.82, 2.24) is 5.32 Å². The Morgan fingerprint density at radius 3 is 2.84 bits per heavy atom. The number of nitrogens with one attached hydrogen (secondary N) is 1. The molecule has 1 atom stereocenters. The van der Waals surface area contributed by atoms with E-state index in [4.69, 9.17) is 0 Å². The van der Waals surface area contributed by atoms with Gasteiger partial charge in [0, 0.05) is 4.70 Å². The van der Waals surface area contributed by atoms with E-state index in [1.165, 1.54) is 23.5 Å². The van der Waals surface area contributed by atoms with Gasteiger partial charge in [-0.1, -0.05) is 6.92 Å². The van der Waals surface area contributed by atoms with Gasteiger partial charge in [0.05, 0.1) is 17.0 Å². The van der Waals surface area contributed by atoms with E-state index in [0.29, 0.717) is 11.3 Å². The van der Waals surface area contributed by atoms with E-state index in [0.717, 1.165) is 10.1 Å². The maximum atomic E-state index is 13.1. The molecule has 2 aromatic rings. The van der Waals surface area contributed by atoms with Gasteiger partial charge in [-0.25, -0.2) is 4.39 Å². The Kier molecular flexibility index (Phi) is 3.87. The van der Waals surface area contributed by atoms with Crippen LogP contribution in [0.15, 0.2) is 24.3 Å². The Hall–Kier alpha value is -1.46. The molecule has 1 aromatic carbocycles. The van der Waals surface area contributed by atoms with E-state index >= 15 is 0 Å². The molecular weight excluding hydrogens is 265 g/mol. The fraction of sp³-hybridized carbons (Fsp3) is 0.357. The highest BCUT2D eigenvalue weighted by atomic mass is 32.1. The summed E-state index contributed by atoms with van der Waals surface area (Å²) in [5.74, 6) is -0.550. The first-order chi connectivity index (χ1) is 8.97. The fourth-order valence-corrected chi connectivity index (χ4v) is 2.64. The minimum atomic E-state index is -0.626. The lowest BCUT2D eigenvalue weighted by atomic mass is 10.0. The third-order valence-electron chi connectivity index (χ3n) is 3.25. The minimum absolute atomic E-state index is 0.116. The van der Waals surface area contributed by atoms with Crippen LogP contribution in [0.1, 0.15) is 29.9 Å². The number of hydrogen-bond donors (Lipinski definition) is 2. The molecule has 0 aliphatic carbocycles. The Balaban J connectivity index is 2.27. The molecule has 0 spiro atoms. The molecule has 102 valence electrons. The molecule has 1 unspecified atom stereocenters. The average molecular weight is 281 g/mol. The van der Waals surface area contributed by atoms with Gasteiger partial charge in [-0.2, -0.15) is 0 Å². The van der Waals surface area contributed by atoms with Crippen LogP contribution in [-0.2, 0) is 0 Å². The Bertz CT molecular complexity index is 605. The number of halogens is 1. The van der Waals surface area contributed by atoms with Crippen LogP contribution in [0.25, 0.3) is 10.1 Å². The molecular formula is C14H16FNO2S. The molecule has 0 fully saturated rings. The molecule has 0 radical (unpaired) electrons. The molecule has 1 aromatic heterocycles. The number of benzene rings is 1. The second-order valence-electron chi connectivity index (χ2n) is 4.82. The van der Waals surface area contributed by atoms with E-state index in [1.54, 1.807) is 19.1 Å². The smallest absolute Gasteiger partial charge is 0.261 e. The van der Waals surface area contributed by atoms with Gasteiger partial charge in [0.25, 0.3) is 5.91 Å². The summed E-state index contributed by atoms with van der Waals surface area (Å²) in [5.41, 5.74) is -0.626. The zero-order valence-electron chi connectivity index (χ0n) is 10.9. The van der Waals surface area contributed by atoms with Crippen molar-refractivity contribution in [3.63, 3.8) is 0 Å². The summed E-state index contributed by atoms with van der Waals surface area (Å²) >= 11 is 1.32. The topological polar surface area (TPSA) is 49.3 Å². The van der Waals surface area contributed by atoms with Crippen molar-refractivity contribution in [3.05, 3.63) is 35.0 Å². The predicted molar refractivity (Wildman–Crippen MR) is 75.0 cm³/mol. The lowest BCUT2D eigenvalue weighted by molar-refractivity contribution is 0.0851. The van der Waals surface area contributed by atoms with Gasteiger partial charge in [0.1, 0.15) is 5.82 Å². The standard InChI is InChI=1S/C14H16FNO2S/c1-3-14(2,8-17)16-13(18)12-7-9-6-10(15)4-5-11(9)19-12/h4-7,17H,3,8H2,1-2H3,(H,16,18). The lowest BCUT2D eigenvalue weighted by Crippen LogP contribution is -2.48. The third-order valence-corrected chi connectivity index (χ3v) is 4.36. The van der Waals surface area contributed by atoms with Gasteiger partial charge in [-0.15, -0.1) is 11.3 Å². The van der Waals surface area contributed by atoms with Gasteiger partial charge in [0.15, 0.2) is 0 Å². The molecule has 3 nitrogen and oxygen atoms in total. The molecule has 0 saturated heterocycles. The zero-order chi connectivity index (χ0) is 14.0. The van der Waals surface area contributed by atoms with Crippen LogP contribution in [0.5, 0.6) is 0 Å². The highest BCUT2D eigenvalue weighted by molar-refractivity contribution is 7.20. The second kappa shape index (κ2) is 5.27. The molecule has 0 aliphatic heterocycles.